The molecule has 1 fully saturated rings. The van der Waals surface area contributed by atoms with E-state index >= 15 is 0 Å². The molecule has 1 saturated carbocycles. The van der Waals surface area contributed by atoms with Crippen LogP contribution in [-0.2, 0) is 6.54 Å². The van der Waals surface area contributed by atoms with Gasteiger partial charge in [0.1, 0.15) is 0 Å². The minimum atomic E-state index is -0.122. The first-order chi connectivity index (χ1) is 11.5. The smallest absolute Gasteiger partial charge is 0.319 e. The summed E-state index contributed by atoms with van der Waals surface area (Å²) in [5.41, 5.74) is 5.10. The molecular formula is C19H26N4O. The second-order valence-corrected chi connectivity index (χ2v) is 6.77. The normalized spacial score (nSPS) is 14.8. The Morgan fingerprint density at radius 3 is 2.50 bits per heavy atom. The Morgan fingerprint density at radius 2 is 1.83 bits per heavy atom. The van der Waals surface area contributed by atoms with E-state index in [4.69, 9.17) is 0 Å². The van der Waals surface area contributed by atoms with Crippen molar-refractivity contribution in [2.24, 2.45) is 0 Å². The minimum Gasteiger partial charge on any atom is -0.335 e. The van der Waals surface area contributed by atoms with Crippen LogP contribution in [0.25, 0.3) is 0 Å². The average molecular weight is 326 g/mol. The molecule has 2 N–H and O–H groups in total. The number of nitrogens with one attached hydrogen (secondary N) is 2. The number of anilines is 1. The third-order valence-electron chi connectivity index (χ3n) is 4.76. The summed E-state index contributed by atoms with van der Waals surface area (Å²) in [7, 11) is 0. The van der Waals surface area contributed by atoms with Gasteiger partial charge in [-0.05, 0) is 39.2 Å². The highest BCUT2D eigenvalue weighted by Crippen LogP contribution is 2.21. The molecule has 0 unspecified atom stereocenters. The molecule has 5 heteroatoms. The minimum absolute atomic E-state index is 0.122. The average Bonchev–Trinajstić information content (AvgIpc) is 3.14. The lowest BCUT2D eigenvalue weighted by atomic mass is 10.1. The van der Waals surface area contributed by atoms with Crippen LogP contribution in [0.4, 0.5) is 10.5 Å². The maximum Gasteiger partial charge on any atom is 0.319 e. The van der Waals surface area contributed by atoms with E-state index in [0.717, 1.165) is 29.9 Å². The van der Waals surface area contributed by atoms with E-state index in [0.29, 0.717) is 12.6 Å². The van der Waals surface area contributed by atoms with Gasteiger partial charge in [0.2, 0.25) is 0 Å². The number of rotatable bonds is 4. The number of urea groups is 1. The van der Waals surface area contributed by atoms with Crippen LogP contribution >= 0.6 is 0 Å². The lowest BCUT2D eigenvalue weighted by molar-refractivity contribution is 0.248. The molecule has 2 amide bonds. The summed E-state index contributed by atoms with van der Waals surface area (Å²) in [6.45, 7) is 6.72. The van der Waals surface area contributed by atoms with Gasteiger partial charge in [-0.2, -0.15) is 5.10 Å². The van der Waals surface area contributed by atoms with Crippen molar-refractivity contribution >= 4 is 11.7 Å². The highest BCUT2D eigenvalue weighted by atomic mass is 16.2. The highest BCUT2D eigenvalue weighted by Gasteiger charge is 2.19. The summed E-state index contributed by atoms with van der Waals surface area (Å²) in [6.07, 6.45) is 4.57. The molecule has 1 heterocycles. The molecule has 24 heavy (non-hydrogen) atoms. The van der Waals surface area contributed by atoms with Crippen LogP contribution in [-0.4, -0.2) is 21.9 Å². The van der Waals surface area contributed by atoms with Crippen LogP contribution in [0, 0.1) is 20.8 Å². The summed E-state index contributed by atoms with van der Waals surface area (Å²) >= 11 is 0. The van der Waals surface area contributed by atoms with E-state index in [1.54, 1.807) is 0 Å². The summed E-state index contributed by atoms with van der Waals surface area (Å²) in [4.78, 5) is 12.2. The molecule has 0 bridgehead atoms. The van der Waals surface area contributed by atoms with Crippen molar-refractivity contribution < 1.29 is 4.79 Å². The first-order valence-electron chi connectivity index (χ1n) is 8.70. The van der Waals surface area contributed by atoms with Gasteiger partial charge in [-0.25, -0.2) is 4.79 Å². The predicted octanol–water partition coefficient (Wildman–Crippen LogP) is 3.92. The Bertz CT molecular complexity index is 712. The molecule has 5 nitrogen and oxygen atoms in total. The quantitative estimate of drug-likeness (QED) is 0.894. The molecular weight excluding hydrogens is 300 g/mol. The van der Waals surface area contributed by atoms with Crippen LogP contribution in [0.5, 0.6) is 0 Å². The first-order valence-corrected chi connectivity index (χ1v) is 8.70. The third-order valence-corrected chi connectivity index (χ3v) is 4.76. The van der Waals surface area contributed by atoms with Gasteiger partial charge in [0.15, 0.2) is 0 Å². The fourth-order valence-corrected chi connectivity index (χ4v) is 3.30. The number of hydrogen-bond donors (Lipinski definition) is 2. The fourth-order valence-electron chi connectivity index (χ4n) is 3.30. The molecule has 0 aliphatic heterocycles. The number of nitrogens with zero attached hydrogens (tertiary/aromatic N) is 2. The maximum absolute atomic E-state index is 12.2. The lowest BCUT2D eigenvalue weighted by Crippen LogP contribution is -2.36. The second kappa shape index (κ2) is 7.07. The van der Waals surface area contributed by atoms with Gasteiger partial charge in [-0.1, -0.05) is 42.7 Å². The van der Waals surface area contributed by atoms with Gasteiger partial charge < -0.3 is 10.6 Å². The zero-order chi connectivity index (χ0) is 17.1. The molecule has 128 valence electrons. The molecule has 0 saturated heterocycles. The number of hydrogen-bond acceptors (Lipinski definition) is 2. The van der Waals surface area contributed by atoms with Gasteiger partial charge in [-0.15, -0.1) is 0 Å². The molecule has 0 spiro atoms. The van der Waals surface area contributed by atoms with E-state index < -0.39 is 0 Å². The van der Waals surface area contributed by atoms with Crippen molar-refractivity contribution in [3.05, 3.63) is 46.8 Å². The SMILES string of the molecule is Cc1ccc(Cn2nc(C)c(NC(=O)NC3CCCC3)c2C)cc1. The van der Waals surface area contributed by atoms with Crippen molar-refractivity contribution in [1.29, 1.82) is 0 Å². The van der Waals surface area contributed by atoms with Crippen LogP contribution in [0.2, 0.25) is 0 Å². The molecule has 1 aromatic heterocycles. The Labute approximate surface area is 143 Å². The van der Waals surface area contributed by atoms with Gasteiger partial charge >= 0.3 is 6.03 Å². The zero-order valence-electron chi connectivity index (χ0n) is 14.7. The Morgan fingerprint density at radius 1 is 1.17 bits per heavy atom. The number of aromatic nitrogens is 2. The molecule has 1 aliphatic rings. The Hall–Kier alpha value is -2.30. The van der Waals surface area contributed by atoms with E-state index in [1.165, 1.54) is 24.0 Å². The van der Waals surface area contributed by atoms with Gasteiger partial charge in [-0.3, -0.25) is 4.68 Å². The molecule has 1 aromatic carbocycles. The topological polar surface area (TPSA) is 59.0 Å². The summed E-state index contributed by atoms with van der Waals surface area (Å²) in [5.74, 6) is 0. The number of amides is 2. The van der Waals surface area contributed by atoms with Gasteiger partial charge in [0, 0.05) is 6.04 Å². The highest BCUT2D eigenvalue weighted by molar-refractivity contribution is 5.90. The van der Waals surface area contributed by atoms with Gasteiger partial charge in [0.25, 0.3) is 0 Å². The molecule has 3 rings (SSSR count). The van der Waals surface area contributed by atoms with Crippen molar-refractivity contribution in [2.45, 2.75) is 59.0 Å². The van der Waals surface area contributed by atoms with E-state index in [2.05, 4.69) is 46.9 Å². The standard InChI is InChI=1S/C19H26N4O/c1-13-8-10-16(11-9-13)12-23-15(3)18(14(2)22-23)21-19(24)20-17-6-4-5-7-17/h8-11,17H,4-7,12H2,1-3H3,(H2,20,21,24). The van der Waals surface area contributed by atoms with E-state index in [-0.39, 0.29) is 6.03 Å². The van der Waals surface area contributed by atoms with Crippen molar-refractivity contribution in [1.82, 2.24) is 15.1 Å². The Balaban J connectivity index is 1.69. The van der Waals surface area contributed by atoms with Crippen molar-refractivity contribution in [3.63, 3.8) is 0 Å². The lowest BCUT2D eigenvalue weighted by Gasteiger charge is -2.13. The molecule has 0 radical (unpaired) electrons. The number of benzene rings is 1. The van der Waals surface area contributed by atoms with Crippen molar-refractivity contribution in [2.75, 3.05) is 5.32 Å². The Kier molecular flexibility index (Phi) is 4.88. The summed E-state index contributed by atoms with van der Waals surface area (Å²) in [5, 5.41) is 10.6. The number of carbonyl (C=O) groups excluding carboxylic acids is 1. The zero-order valence-corrected chi connectivity index (χ0v) is 14.7. The second-order valence-electron chi connectivity index (χ2n) is 6.77. The monoisotopic (exact) mass is 326 g/mol. The first kappa shape index (κ1) is 16.6. The van der Waals surface area contributed by atoms with E-state index in [1.807, 2.05) is 18.5 Å². The van der Waals surface area contributed by atoms with Crippen LogP contribution in [0.15, 0.2) is 24.3 Å². The third kappa shape index (κ3) is 3.78. The van der Waals surface area contributed by atoms with Crippen LogP contribution in [0.1, 0.15) is 48.2 Å². The number of carbonyl (C=O) groups is 1. The molecule has 2 aromatic rings. The van der Waals surface area contributed by atoms with Crippen LogP contribution in [0.3, 0.4) is 0 Å². The predicted molar refractivity (Wildman–Crippen MR) is 96.4 cm³/mol. The molecule has 0 atom stereocenters. The summed E-state index contributed by atoms with van der Waals surface area (Å²) in [6, 6.07) is 8.64. The maximum atomic E-state index is 12.2. The van der Waals surface area contributed by atoms with Gasteiger partial charge in [0.05, 0.1) is 23.6 Å². The number of aryl methyl sites for hydroxylation is 2. The van der Waals surface area contributed by atoms with Crippen molar-refractivity contribution in [3.8, 4) is 0 Å². The van der Waals surface area contributed by atoms with E-state index in [9.17, 15) is 4.79 Å². The fraction of sp³-hybridized carbons (Fsp3) is 0.474. The largest absolute Gasteiger partial charge is 0.335 e. The van der Waals surface area contributed by atoms with Crippen LogP contribution < -0.4 is 10.6 Å². The molecule has 1 aliphatic carbocycles. The summed E-state index contributed by atoms with van der Waals surface area (Å²) < 4.78 is 1.95.